The van der Waals surface area contributed by atoms with E-state index in [-0.39, 0.29) is 17.2 Å². The second-order valence-electron chi connectivity index (χ2n) is 5.34. The summed E-state index contributed by atoms with van der Waals surface area (Å²) in [4.78, 5) is 0.306. The number of benzene rings is 2. The summed E-state index contributed by atoms with van der Waals surface area (Å²) in [6, 6.07) is 13.0. The maximum absolute atomic E-state index is 13.8. The van der Waals surface area contributed by atoms with E-state index in [1.54, 1.807) is 0 Å². The summed E-state index contributed by atoms with van der Waals surface area (Å²) in [5.41, 5.74) is 7.34. The molecular formula is C17H19F2NS. The predicted octanol–water partition coefficient (Wildman–Crippen LogP) is 4.78. The zero-order valence-electron chi connectivity index (χ0n) is 12.1. The Kier molecular flexibility index (Phi) is 5.37. The number of hydrogen-bond donors (Lipinski definition) is 1. The molecule has 4 heteroatoms. The number of halogens is 2. The first-order chi connectivity index (χ1) is 9.99. The van der Waals surface area contributed by atoms with Gasteiger partial charge in [-0.05, 0) is 29.7 Å². The lowest BCUT2D eigenvalue weighted by Gasteiger charge is -2.27. The summed E-state index contributed by atoms with van der Waals surface area (Å²) in [5, 5.41) is -0.0382. The molecule has 0 aliphatic rings. The number of rotatable bonds is 5. The van der Waals surface area contributed by atoms with Crippen LogP contribution in [0.4, 0.5) is 8.78 Å². The predicted molar refractivity (Wildman–Crippen MR) is 84.2 cm³/mol. The van der Waals surface area contributed by atoms with Crippen molar-refractivity contribution < 1.29 is 8.78 Å². The molecule has 0 saturated carbocycles. The fourth-order valence-electron chi connectivity index (χ4n) is 2.20. The van der Waals surface area contributed by atoms with Gasteiger partial charge in [-0.25, -0.2) is 8.78 Å². The maximum atomic E-state index is 13.8. The highest BCUT2D eigenvalue weighted by Gasteiger charge is 2.25. The molecule has 0 aliphatic carbocycles. The molecule has 0 aromatic heterocycles. The highest BCUT2D eigenvalue weighted by molar-refractivity contribution is 8.00. The van der Waals surface area contributed by atoms with Crippen LogP contribution in [0.25, 0.3) is 0 Å². The van der Waals surface area contributed by atoms with E-state index in [2.05, 4.69) is 0 Å². The largest absolute Gasteiger partial charge is 0.323 e. The third-order valence-electron chi connectivity index (χ3n) is 3.35. The van der Waals surface area contributed by atoms with E-state index >= 15 is 0 Å². The maximum Gasteiger partial charge on any atom is 0.136 e. The van der Waals surface area contributed by atoms with Crippen LogP contribution in [0.15, 0.2) is 53.4 Å². The van der Waals surface area contributed by atoms with Gasteiger partial charge in [-0.1, -0.05) is 44.2 Å². The number of nitrogens with two attached hydrogens (primary N) is 1. The Morgan fingerprint density at radius 3 is 2.29 bits per heavy atom. The van der Waals surface area contributed by atoms with Gasteiger partial charge in [-0.15, -0.1) is 11.8 Å². The minimum atomic E-state index is -0.435. The molecule has 0 saturated heterocycles. The molecule has 0 heterocycles. The van der Waals surface area contributed by atoms with Gasteiger partial charge in [0, 0.05) is 16.2 Å². The smallest absolute Gasteiger partial charge is 0.136 e. The summed E-state index contributed by atoms with van der Waals surface area (Å²) in [6.07, 6.45) is 0. The molecule has 2 unspecified atom stereocenters. The van der Waals surface area contributed by atoms with Gasteiger partial charge >= 0.3 is 0 Å². The van der Waals surface area contributed by atoms with Gasteiger partial charge in [0.25, 0.3) is 0 Å². The molecule has 0 spiro atoms. The lowest BCUT2D eigenvalue weighted by atomic mass is 9.97. The molecule has 0 aliphatic heterocycles. The monoisotopic (exact) mass is 307 g/mol. The van der Waals surface area contributed by atoms with Crippen molar-refractivity contribution in [2.24, 2.45) is 11.7 Å². The first kappa shape index (κ1) is 16.0. The van der Waals surface area contributed by atoms with E-state index in [0.717, 1.165) is 17.7 Å². The van der Waals surface area contributed by atoms with Crippen LogP contribution in [0, 0.1) is 17.6 Å². The SMILES string of the molecule is CC(C)C(Sc1cc(F)ccc1F)C(N)c1ccccc1. The Labute approximate surface area is 128 Å². The van der Waals surface area contributed by atoms with Crippen molar-refractivity contribution in [2.45, 2.75) is 30.0 Å². The highest BCUT2D eigenvalue weighted by Crippen LogP contribution is 2.36. The minimum absolute atomic E-state index is 0.0382. The van der Waals surface area contributed by atoms with Crippen molar-refractivity contribution in [3.63, 3.8) is 0 Å². The van der Waals surface area contributed by atoms with Crippen molar-refractivity contribution >= 4 is 11.8 Å². The lowest BCUT2D eigenvalue weighted by molar-refractivity contribution is 0.524. The molecule has 112 valence electrons. The molecular weight excluding hydrogens is 288 g/mol. The molecule has 0 amide bonds. The van der Waals surface area contributed by atoms with Gasteiger partial charge in [-0.3, -0.25) is 0 Å². The van der Waals surface area contributed by atoms with Gasteiger partial charge in [-0.2, -0.15) is 0 Å². The quantitative estimate of drug-likeness (QED) is 0.804. The van der Waals surface area contributed by atoms with Crippen molar-refractivity contribution in [2.75, 3.05) is 0 Å². The standard InChI is InChI=1S/C17H19F2NS/c1-11(2)17(16(20)12-6-4-3-5-7-12)21-15-10-13(18)8-9-14(15)19/h3-11,16-17H,20H2,1-2H3. The molecule has 2 aromatic carbocycles. The van der Waals surface area contributed by atoms with Gasteiger partial charge in [0.1, 0.15) is 11.6 Å². The Balaban J connectivity index is 2.25. The van der Waals surface area contributed by atoms with Crippen LogP contribution in [0.3, 0.4) is 0 Å². The molecule has 0 radical (unpaired) electrons. The van der Waals surface area contributed by atoms with Crippen molar-refractivity contribution in [1.29, 1.82) is 0 Å². The van der Waals surface area contributed by atoms with E-state index in [1.165, 1.54) is 17.8 Å². The zero-order valence-corrected chi connectivity index (χ0v) is 12.9. The number of hydrogen-bond acceptors (Lipinski definition) is 2. The Morgan fingerprint density at radius 1 is 1.00 bits per heavy atom. The normalized spacial score (nSPS) is 14.2. The Bertz CT molecular complexity index is 587. The van der Waals surface area contributed by atoms with Crippen LogP contribution >= 0.6 is 11.8 Å². The average Bonchev–Trinajstić information content (AvgIpc) is 2.48. The molecule has 2 N–H and O–H groups in total. The van der Waals surface area contributed by atoms with Crippen LogP contribution in [0.5, 0.6) is 0 Å². The summed E-state index contributed by atoms with van der Waals surface area (Å²) in [6.45, 7) is 4.08. The average molecular weight is 307 g/mol. The van der Waals surface area contributed by atoms with Gasteiger partial charge < -0.3 is 5.73 Å². The van der Waals surface area contributed by atoms with Crippen LogP contribution < -0.4 is 5.73 Å². The molecule has 2 aromatic rings. The molecule has 2 rings (SSSR count). The fraction of sp³-hybridized carbons (Fsp3) is 0.294. The van der Waals surface area contributed by atoms with Crippen LogP contribution in [0.2, 0.25) is 0 Å². The van der Waals surface area contributed by atoms with Gasteiger partial charge in [0.15, 0.2) is 0 Å². The molecule has 1 nitrogen and oxygen atoms in total. The topological polar surface area (TPSA) is 26.0 Å². The second kappa shape index (κ2) is 7.05. The van der Waals surface area contributed by atoms with E-state index in [1.807, 2.05) is 44.2 Å². The fourth-order valence-corrected chi connectivity index (χ4v) is 3.43. The lowest BCUT2D eigenvalue weighted by Crippen LogP contribution is -2.28. The Hall–Kier alpha value is -1.39. The van der Waals surface area contributed by atoms with E-state index in [9.17, 15) is 8.78 Å². The first-order valence-electron chi connectivity index (χ1n) is 6.91. The zero-order chi connectivity index (χ0) is 15.4. The van der Waals surface area contributed by atoms with Crippen LogP contribution in [0.1, 0.15) is 25.5 Å². The summed E-state index contributed by atoms with van der Waals surface area (Å²) < 4.78 is 27.1. The molecule has 2 atom stereocenters. The molecule has 0 fully saturated rings. The third kappa shape index (κ3) is 4.05. The van der Waals surface area contributed by atoms with Crippen LogP contribution in [-0.4, -0.2) is 5.25 Å². The van der Waals surface area contributed by atoms with Crippen molar-refractivity contribution in [3.8, 4) is 0 Å². The van der Waals surface area contributed by atoms with E-state index in [4.69, 9.17) is 5.73 Å². The molecule has 21 heavy (non-hydrogen) atoms. The third-order valence-corrected chi connectivity index (χ3v) is 5.03. The first-order valence-corrected chi connectivity index (χ1v) is 7.79. The van der Waals surface area contributed by atoms with E-state index in [0.29, 0.717) is 4.90 Å². The summed E-state index contributed by atoms with van der Waals surface area (Å²) >= 11 is 1.30. The van der Waals surface area contributed by atoms with Crippen molar-refractivity contribution in [3.05, 3.63) is 65.7 Å². The van der Waals surface area contributed by atoms with Gasteiger partial charge in [0.2, 0.25) is 0 Å². The molecule has 0 bridgehead atoms. The van der Waals surface area contributed by atoms with Gasteiger partial charge in [0.05, 0.1) is 0 Å². The summed E-state index contributed by atoms with van der Waals surface area (Å²) in [5.74, 6) is -0.616. The Morgan fingerprint density at radius 2 is 1.67 bits per heavy atom. The van der Waals surface area contributed by atoms with E-state index < -0.39 is 11.6 Å². The second-order valence-corrected chi connectivity index (χ2v) is 6.56. The van der Waals surface area contributed by atoms with Crippen LogP contribution in [-0.2, 0) is 0 Å². The summed E-state index contributed by atoms with van der Waals surface area (Å²) in [7, 11) is 0. The van der Waals surface area contributed by atoms with Crippen molar-refractivity contribution in [1.82, 2.24) is 0 Å². The minimum Gasteiger partial charge on any atom is -0.323 e. The number of thioether (sulfide) groups is 1. The highest BCUT2D eigenvalue weighted by atomic mass is 32.2.